The molecule has 1 aliphatic carbocycles. The predicted octanol–water partition coefficient (Wildman–Crippen LogP) is 4.31. The van der Waals surface area contributed by atoms with Gasteiger partial charge in [0.2, 0.25) is 0 Å². The van der Waals surface area contributed by atoms with Gasteiger partial charge in [0.25, 0.3) is 0 Å². The zero-order valence-corrected chi connectivity index (χ0v) is 12.1. The van der Waals surface area contributed by atoms with Crippen molar-refractivity contribution in [2.75, 3.05) is 12.4 Å². The zero-order chi connectivity index (χ0) is 13.9. The molecule has 104 valence electrons. The Hall–Kier alpha value is -1.74. The molecule has 3 rings (SSSR count). The van der Waals surface area contributed by atoms with Crippen molar-refractivity contribution >= 4 is 17.3 Å². The fraction of sp³-hybridized carbons (Fsp3) is 0.312. The van der Waals surface area contributed by atoms with Crippen LogP contribution in [0.5, 0.6) is 5.75 Å². The zero-order valence-electron chi connectivity index (χ0n) is 11.3. The molecule has 1 N–H and O–H groups in total. The van der Waals surface area contributed by atoms with Gasteiger partial charge in [0.1, 0.15) is 10.9 Å². The lowest BCUT2D eigenvalue weighted by Crippen LogP contribution is -2.12. The summed E-state index contributed by atoms with van der Waals surface area (Å²) in [6.45, 7) is 0. The predicted molar refractivity (Wildman–Crippen MR) is 81.3 cm³/mol. The van der Waals surface area contributed by atoms with Crippen LogP contribution in [0, 0.1) is 5.92 Å². The lowest BCUT2D eigenvalue weighted by atomic mass is 10.0. The first-order valence-corrected chi connectivity index (χ1v) is 7.16. The monoisotopic (exact) mass is 288 g/mol. The van der Waals surface area contributed by atoms with Gasteiger partial charge >= 0.3 is 0 Å². The third kappa shape index (κ3) is 3.05. The Balaban J connectivity index is 1.81. The van der Waals surface area contributed by atoms with Crippen molar-refractivity contribution in [1.29, 1.82) is 0 Å². The summed E-state index contributed by atoms with van der Waals surface area (Å²) >= 11 is 5.94. The molecule has 1 atom stereocenters. The van der Waals surface area contributed by atoms with Crippen molar-refractivity contribution in [1.82, 2.24) is 4.98 Å². The molecule has 0 spiro atoms. The number of pyridine rings is 1. The van der Waals surface area contributed by atoms with Gasteiger partial charge in [-0.05, 0) is 48.6 Å². The number of halogens is 1. The average molecular weight is 289 g/mol. The summed E-state index contributed by atoms with van der Waals surface area (Å²) in [4.78, 5) is 4.01. The molecule has 20 heavy (non-hydrogen) atoms. The van der Waals surface area contributed by atoms with Gasteiger partial charge < -0.3 is 10.1 Å². The minimum Gasteiger partial charge on any atom is -0.497 e. The summed E-state index contributed by atoms with van der Waals surface area (Å²) in [5, 5.41) is 4.08. The number of ether oxygens (including phenoxy) is 1. The van der Waals surface area contributed by atoms with E-state index in [-0.39, 0.29) is 0 Å². The van der Waals surface area contributed by atoms with E-state index in [0.29, 0.717) is 17.1 Å². The molecule has 1 saturated carbocycles. The van der Waals surface area contributed by atoms with Gasteiger partial charge in [0, 0.05) is 11.9 Å². The quantitative estimate of drug-likeness (QED) is 0.833. The molecule has 0 radical (unpaired) electrons. The van der Waals surface area contributed by atoms with E-state index in [0.717, 1.165) is 11.4 Å². The van der Waals surface area contributed by atoms with Gasteiger partial charge in [-0.25, -0.2) is 4.98 Å². The van der Waals surface area contributed by atoms with E-state index in [1.807, 2.05) is 24.3 Å². The highest BCUT2D eigenvalue weighted by molar-refractivity contribution is 6.29. The molecular formula is C16H17ClN2O. The Labute approximate surface area is 123 Å². The van der Waals surface area contributed by atoms with Crippen LogP contribution in [0.15, 0.2) is 42.6 Å². The van der Waals surface area contributed by atoms with E-state index in [9.17, 15) is 0 Å². The van der Waals surface area contributed by atoms with E-state index >= 15 is 0 Å². The van der Waals surface area contributed by atoms with Gasteiger partial charge in [-0.1, -0.05) is 23.7 Å². The number of benzene rings is 1. The summed E-state index contributed by atoms with van der Waals surface area (Å²) in [5.74, 6) is 1.57. The van der Waals surface area contributed by atoms with E-state index in [1.165, 1.54) is 18.4 Å². The normalized spacial score (nSPS) is 15.7. The maximum atomic E-state index is 5.94. The molecule has 1 heterocycles. The van der Waals surface area contributed by atoms with Crippen molar-refractivity contribution in [3.05, 3.63) is 53.3 Å². The van der Waals surface area contributed by atoms with Crippen LogP contribution >= 0.6 is 11.6 Å². The molecule has 1 aromatic heterocycles. The molecular weight excluding hydrogens is 272 g/mol. The average Bonchev–Trinajstić information content (AvgIpc) is 3.30. The summed E-state index contributed by atoms with van der Waals surface area (Å²) in [7, 11) is 1.69. The van der Waals surface area contributed by atoms with Crippen molar-refractivity contribution < 1.29 is 4.74 Å². The number of methoxy groups -OCH3 is 1. The van der Waals surface area contributed by atoms with Crippen LogP contribution in [0.4, 0.5) is 5.69 Å². The van der Waals surface area contributed by atoms with Crippen LogP contribution in [-0.2, 0) is 0 Å². The van der Waals surface area contributed by atoms with Gasteiger partial charge in [0.05, 0.1) is 13.2 Å². The molecule has 0 amide bonds. The first-order valence-electron chi connectivity index (χ1n) is 6.78. The summed E-state index contributed by atoms with van der Waals surface area (Å²) in [5.41, 5.74) is 2.29. The van der Waals surface area contributed by atoms with Crippen molar-refractivity contribution in [2.24, 2.45) is 5.92 Å². The number of nitrogens with one attached hydrogen (secondary N) is 1. The van der Waals surface area contributed by atoms with E-state index < -0.39 is 0 Å². The summed E-state index contributed by atoms with van der Waals surface area (Å²) < 4.78 is 5.21. The highest BCUT2D eigenvalue weighted by Gasteiger charge is 2.32. The standard InChI is InChI=1S/C16H17ClN2O/c1-20-14-6-4-12(5-7-14)16(11-2-3-11)19-13-8-9-18-15(17)10-13/h4-11,16H,2-3H2,1H3,(H,18,19). The number of hydrogen-bond donors (Lipinski definition) is 1. The highest BCUT2D eigenvalue weighted by Crippen LogP contribution is 2.43. The largest absolute Gasteiger partial charge is 0.497 e. The number of rotatable bonds is 5. The maximum Gasteiger partial charge on any atom is 0.131 e. The van der Waals surface area contributed by atoms with Gasteiger partial charge in [-0.2, -0.15) is 0 Å². The molecule has 4 heteroatoms. The lowest BCUT2D eigenvalue weighted by Gasteiger charge is -2.20. The Bertz CT molecular complexity index is 581. The Morgan fingerprint density at radius 2 is 2.00 bits per heavy atom. The van der Waals surface area contributed by atoms with Crippen LogP contribution < -0.4 is 10.1 Å². The minimum atomic E-state index is 0.319. The first kappa shape index (κ1) is 13.3. The molecule has 1 fully saturated rings. The fourth-order valence-electron chi connectivity index (χ4n) is 2.39. The van der Waals surface area contributed by atoms with Crippen molar-refractivity contribution in [3.63, 3.8) is 0 Å². The molecule has 1 aromatic carbocycles. The third-order valence-electron chi connectivity index (χ3n) is 3.62. The molecule has 3 nitrogen and oxygen atoms in total. The van der Waals surface area contributed by atoms with Crippen LogP contribution in [0.2, 0.25) is 5.15 Å². The van der Waals surface area contributed by atoms with E-state index in [1.54, 1.807) is 13.3 Å². The smallest absolute Gasteiger partial charge is 0.131 e. The second-order valence-electron chi connectivity index (χ2n) is 5.10. The van der Waals surface area contributed by atoms with Crippen LogP contribution in [0.1, 0.15) is 24.4 Å². The second kappa shape index (κ2) is 5.71. The van der Waals surface area contributed by atoms with E-state index in [4.69, 9.17) is 16.3 Å². The molecule has 1 aliphatic rings. The number of aromatic nitrogens is 1. The molecule has 0 saturated heterocycles. The first-order chi connectivity index (χ1) is 9.76. The molecule has 2 aromatic rings. The molecule has 1 unspecified atom stereocenters. The summed E-state index contributed by atoms with van der Waals surface area (Å²) in [6, 6.07) is 12.4. The number of anilines is 1. The Kier molecular flexibility index (Phi) is 3.79. The molecule has 0 bridgehead atoms. The van der Waals surface area contributed by atoms with Gasteiger partial charge in [-0.15, -0.1) is 0 Å². The number of nitrogens with zero attached hydrogens (tertiary/aromatic N) is 1. The van der Waals surface area contributed by atoms with Crippen LogP contribution in [-0.4, -0.2) is 12.1 Å². The lowest BCUT2D eigenvalue weighted by molar-refractivity contribution is 0.414. The van der Waals surface area contributed by atoms with Crippen molar-refractivity contribution in [3.8, 4) is 5.75 Å². The highest BCUT2D eigenvalue weighted by atomic mass is 35.5. The van der Waals surface area contributed by atoms with E-state index in [2.05, 4.69) is 22.4 Å². The second-order valence-corrected chi connectivity index (χ2v) is 5.49. The topological polar surface area (TPSA) is 34.1 Å². The van der Waals surface area contributed by atoms with Gasteiger partial charge in [-0.3, -0.25) is 0 Å². The molecule has 0 aliphatic heterocycles. The van der Waals surface area contributed by atoms with Crippen LogP contribution in [0.3, 0.4) is 0 Å². The third-order valence-corrected chi connectivity index (χ3v) is 3.82. The van der Waals surface area contributed by atoms with Gasteiger partial charge in [0.15, 0.2) is 0 Å². The number of hydrogen-bond acceptors (Lipinski definition) is 3. The Morgan fingerprint density at radius 1 is 1.25 bits per heavy atom. The van der Waals surface area contributed by atoms with Crippen LogP contribution in [0.25, 0.3) is 0 Å². The maximum absolute atomic E-state index is 5.94. The van der Waals surface area contributed by atoms with Crippen molar-refractivity contribution in [2.45, 2.75) is 18.9 Å². The Morgan fingerprint density at radius 3 is 2.60 bits per heavy atom. The minimum absolute atomic E-state index is 0.319. The SMILES string of the molecule is COc1ccc(C(Nc2ccnc(Cl)c2)C2CC2)cc1. The fourth-order valence-corrected chi connectivity index (χ4v) is 2.56. The summed E-state index contributed by atoms with van der Waals surface area (Å²) in [6.07, 6.45) is 4.26.